The van der Waals surface area contributed by atoms with Crippen LogP contribution < -0.4 is 4.74 Å². The van der Waals surface area contributed by atoms with E-state index in [1.165, 1.54) is 24.1 Å². The molecule has 0 aliphatic rings. The first-order valence-electron chi connectivity index (χ1n) is 6.46. The number of amides is 1. The Morgan fingerprint density at radius 2 is 2.00 bits per heavy atom. The highest BCUT2D eigenvalue weighted by atomic mass is 19.4. The monoisotopic (exact) mass is 319 g/mol. The topological polar surface area (TPSA) is 66.8 Å². The van der Waals surface area contributed by atoms with Gasteiger partial charge in [0.2, 0.25) is 0 Å². The Labute approximate surface area is 125 Å². The second kappa shape index (κ2) is 7.67. The normalized spacial score (nSPS) is 11.1. The molecule has 5 nitrogen and oxygen atoms in total. The Kier molecular flexibility index (Phi) is 6.21. The third kappa shape index (κ3) is 6.02. The number of halogens is 3. The van der Waals surface area contributed by atoms with Crippen LogP contribution in [-0.4, -0.2) is 42.1 Å². The summed E-state index contributed by atoms with van der Waals surface area (Å²) in [6.45, 7) is -0.179. The van der Waals surface area contributed by atoms with Crippen LogP contribution in [0.2, 0.25) is 0 Å². The molecule has 122 valence electrons. The predicted octanol–water partition coefficient (Wildman–Crippen LogP) is 2.41. The minimum Gasteiger partial charge on any atom is -0.484 e. The van der Waals surface area contributed by atoms with Gasteiger partial charge in [0, 0.05) is 20.0 Å². The number of carbonyl (C=O) groups excluding carboxylic acids is 1. The molecule has 0 spiro atoms. The molecule has 0 aliphatic heterocycles. The van der Waals surface area contributed by atoms with Crippen LogP contribution in [0.15, 0.2) is 24.3 Å². The number of ether oxygens (including phenoxy) is 1. The van der Waals surface area contributed by atoms with Crippen molar-refractivity contribution in [2.75, 3.05) is 20.2 Å². The molecule has 0 aliphatic carbocycles. The summed E-state index contributed by atoms with van der Waals surface area (Å²) in [5.74, 6) is -1.45. The van der Waals surface area contributed by atoms with E-state index >= 15 is 0 Å². The van der Waals surface area contributed by atoms with Gasteiger partial charge in [0.1, 0.15) is 5.75 Å². The molecule has 1 aromatic rings. The molecule has 1 amide bonds. The first kappa shape index (κ1) is 17.8. The van der Waals surface area contributed by atoms with Gasteiger partial charge in [0.25, 0.3) is 5.91 Å². The molecule has 0 saturated heterocycles. The minimum atomic E-state index is -4.48. The maximum atomic E-state index is 12.5. The first-order chi connectivity index (χ1) is 10.2. The van der Waals surface area contributed by atoms with Crippen molar-refractivity contribution in [1.82, 2.24) is 4.90 Å². The molecule has 1 N–H and O–H groups in total. The number of likely N-dealkylation sites (N-methyl/N-ethyl adjacent to an activating group) is 1. The van der Waals surface area contributed by atoms with E-state index in [0.29, 0.717) is 6.42 Å². The second-order valence-electron chi connectivity index (χ2n) is 4.63. The lowest BCUT2D eigenvalue weighted by atomic mass is 10.2. The molecule has 0 radical (unpaired) electrons. The predicted molar refractivity (Wildman–Crippen MR) is 71.4 cm³/mol. The van der Waals surface area contributed by atoms with Crippen molar-refractivity contribution in [3.63, 3.8) is 0 Å². The Morgan fingerprint density at radius 1 is 1.32 bits per heavy atom. The van der Waals surface area contributed by atoms with Crippen molar-refractivity contribution in [3.05, 3.63) is 29.8 Å². The standard InChI is InChI=1S/C14H16F3NO4/c1-18(7-3-6-13(20)21)12(19)9-22-11-5-2-4-10(8-11)14(15,16)17/h2,4-5,8H,3,6-7,9H2,1H3,(H,20,21). The van der Waals surface area contributed by atoms with Crippen molar-refractivity contribution in [1.29, 1.82) is 0 Å². The van der Waals surface area contributed by atoms with Crippen LogP contribution in [0, 0.1) is 0 Å². The largest absolute Gasteiger partial charge is 0.484 e. The van der Waals surface area contributed by atoms with Gasteiger partial charge in [-0.1, -0.05) is 6.07 Å². The van der Waals surface area contributed by atoms with Crippen molar-refractivity contribution in [3.8, 4) is 5.75 Å². The zero-order valence-corrected chi connectivity index (χ0v) is 11.9. The van der Waals surface area contributed by atoms with Gasteiger partial charge in [-0.05, 0) is 24.6 Å². The van der Waals surface area contributed by atoms with E-state index in [1.807, 2.05) is 0 Å². The van der Waals surface area contributed by atoms with Gasteiger partial charge in [-0.3, -0.25) is 9.59 Å². The molecular weight excluding hydrogens is 303 g/mol. The Balaban J connectivity index is 2.48. The van der Waals surface area contributed by atoms with Gasteiger partial charge < -0.3 is 14.7 Å². The summed E-state index contributed by atoms with van der Waals surface area (Å²) < 4.78 is 42.6. The van der Waals surface area contributed by atoms with E-state index in [0.717, 1.165) is 12.1 Å². The number of carboxylic acid groups (broad SMARTS) is 1. The number of aliphatic carboxylic acids is 1. The van der Waals surface area contributed by atoms with Crippen LogP contribution in [0.3, 0.4) is 0 Å². The van der Waals surface area contributed by atoms with Crippen LogP contribution in [0.5, 0.6) is 5.75 Å². The third-order valence-electron chi connectivity index (χ3n) is 2.83. The highest BCUT2D eigenvalue weighted by molar-refractivity contribution is 5.77. The lowest BCUT2D eigenvalue weighted by Gasteiger charge is -2.17. The van der Waals surface area contributed by atoms with Gasteiger partial charge >= 0.3 is 12.1 Å². The van der Waals surface area contributed by atoms with E-state index in [9.17, 15) is 22.8 Å². The summed E-state index contributed by atoms with van der Waals surface area (Å²) in [7, 11) is 1.47. The SMILES string of the molecule is CN(CCCC(=O)O)C(=O)COc1cccc(C(F)(F)F)c1. The van der Waals surface area contributed by atoms with Gasteiger partial charge in [-0.25, -0.2) is 0 Å². The fourth-order valence-corrected chi connectivity index (χ4v) is 1.61. The first-order valence-corrected chi connectivity index (χ1v) is 6.46. The van der Waals surface area contributed by atoms with Crippen molar-refractivity contribution in [2.45, 2.75) is 19.0 Å². The van der Waals surface area contributed by atoms with Gasteiger partial charge in [0.15, 0.2) is 6.61 Å². The number of rotatable bonds is 7. The van der Waals surface area contributed by atoms with Crippen LogP contribution in [0.4, 0.5) is 13.2 Å². The fourth-order valence-electron chi connectivity index (χ4n) is 1.61. The molecule has 0 atom stereocenters. The smallest absolute Gasteiger partial charge is 0.416 e. The lowest BCUT2D eigenvalue weighted by molar-refractivity contribution is -0.138. The zero-order chi connectivity index (χ0) is 16.8. The summed E-state index contributed by atoms with van der Waals surface area (Å²) in [5.41, 5.74) is -0.854. The molecule has 22 heavy (non-hydrogen) atoms. The highest BCUT2D eigenvalue weighted by Gasteiger charge is 2.30. The molecular formula is C14H16F3NO4. The Bertz CT molecular complexity index is 531. The molecule has 0 fully saturated rings. The number of hydrogen-bond acceptors (Lipinski definition) is 3. The Morgan fingerprint density at radius 3 is 2.59 bits per heavy atom. The second-order valence-corrected chi connectivity index (χ2v) is 4.63. The van der Waals surface area contributed by atoms with Gasteiger partial charge in [0.05, 0.1) is 5.56 Å². The van der Waals surface area contributed by atoms with Crippen LogP contribution in [0.1, 0.15) is 18.4 Å². The summed E-state index contributed by atoms with van der Waals surface area (Å²) >= 11 is 0. The number of alkyl halides is 3. The van der Waals surface area contributed by atoms with Crippen molar-refractivity contribution < 1.29 is 32.6 Å². The fraction of sp³-hybridized carbons (Fsp3) is 0.429. The number of nitrogens with zero attached hydrogens (tertiary/aromatic N) is 1. The van der Waals surface area contributed by atoms with E-state index in [-0.39, 0.29) is 18.7 Å². The number of carbonyl (C=O) groups is 2. The van der Waals surface area contributed by atoms with Crippen LogP contribution >= 0.6 is 0 Å². The van der Waals surface area contributed by atoms with E-state index in [1.54, 1.807) is 0 Å². The van der Waals surface area contributed by atoms with E-state index in [4.69, 9.17) is 9.84 Å². The molecule has 0 heterocycles. The summed E-state index contributed by atoms with van der Waals surface area (Å²) in [5, 5.41) is 8.49. The molecule has 1 rings (SSSR count). The van der Waals surface area contributed by atoms with Crippen LogP contribution in [-0.2, 0) is 15.8 Å². The number of hydrogen-bond donors (Lipinski definition) is 1. The quantitative estimate of drug-likeness (QED) is 0.838. The molecule has 1 aromatic carbocycles. The zero-order valence-electron chi connectivity index (χ0n) is 11.9. The van der Waals surface area contributed by atoms with Crippen molar-refractivity contribution >= 4 is 11.9 Å². The van der Waals surface area contributed by atoms with Crippen molar-refractivity contribution in [2.24, 2.45) is 0 Å². The maximum Gasteiger partial charge on any atom is 0.416 e. The number of benzene rings is 1. The van der Waals surface area contributed by atoms with E-state index in [2.05, 4.69) is 0 Å². The molecule has 0 saturated carbocycles. The average molecular weight is 319 g/mol. The highest BCUT2D eigenvalue weighted by Crippen LogP contribution is 2.31. The minimum absolute atomic E-state index is 0.0536. The number of carboxylic acids is 1. The van der Waals surface area contributed by atoms with Gasteiger partial charge in [-0.15, -0.1) is 0 Å². The molecule has 0 aromatic heterocycles. The Hall–Kier alpha value is -2.25. The van der Waals surface area contributed by atoms with E-state index < -0.39 is 30.2 Å². The third-order valence-corrected chi connectivity index (χ3v) is 2.83. The maximum absolute atomic E-state index is 12.5. The average Bonchev–Trinajstić information content (AvgIpc) is 2.43. The molecule has 8 heteroatoms. The summed E-state index contributed by atoms with van der Waals surface area (Å²) in [4.78, 5) is 23.3. The van der Waals surface area contributed by atoms with Crippen LogP contribution in [0.25, 0.3) is 0 Å². The lowest BCUT2D eigenvalue weighted by Crippen LogP contribution is -2.32. The summed E-state index contributed by atoms with van der Waals surface area (Å²) in [6.07, 6.45) is -4.25. The van der Waals surface area contributed by atoms with Gasteiger partial charge in [-0.2, -0.15) is 13.2 Å². The molecule has 0 unspecified atom stereocenters. The molecule has 0 bridgehead atoms. The summed E-state index contributed by atoms with van der Waals surface area (Å²) in [6, 6.07) is 4.25.